The minimum atomic E-state index is -1.57. The molecule has 1 aromatic rings. The number of nitriles is 1. The van der Waals surface area contributed by atoms with Crippen LogP contribution in [0.3, 0.4) is 0 Å². The number of carbonyl (C=O) groups is 2. The molecular weight excluding hydrogens is 244 g/mol. The van der Waals surface area contributed by atoms with Crippen LogP contribution in [0, 0.1) is 11.3 Å². The highest BCUT2D eigenvalue weighted by Gasteiger charge is 2.24. The van der Waals surface area contributed by atoms with E-state index in [4.69, 9.17) is 16.1 Å². The number of carboxylic acids is 1. The van der Waals surface area contributed by atoms with Gasteiger partial charge in [-0.2, -0.15) is 5.26 Å². The smallest absolute Gasteiger partial charge is 0.329 e. The van der Waals surface area contributed by atoms with Crippen LogP contribution in [-0.4, -0.2) is 26.5 Å². The molecule has 0 aliphatic heterocycles. The summed E-state index contributed by atoms with van der Waals surface area (Å²) in [5, 5.41) is 17.5. The highest BCUT2D eigenvalue weighted by Crippen LogP contribution is 2.08. The maximum Gasteiger partial charge on any atom is 0.329 e. The average Bonchev–Trinajstić information content (AvgIpc) is 2.26. The molecule has 0 spiro atoms. The lowest BCUT2D eigenvalue weighted by Gasteiger charge is -2.13. The Hall–Kier alpha value is -2.89. The van der Waals surface area contributed by atoms with E-state index >= 15 is 0 Å². The molecule has 4 N–H and O–H groups in total. The van der Waals surface area contributed by atoms with Crippen LogP contribution in [0.5, 0.6) is 0 Å². The van der Waals surface area contributed by atoms with Gasteiger partial charge in [-0.1, -0.05) is 0 Å². The first kappa shape index (κ1) is 13.2. The number of nitrogens with two attached hydrogens (primary N) is 1. The van der Waals surface area contributed by atoms with Gasteiger partial charge in [0.05, 0.1) is 6.42 Å². The van der Waals surface area contributed by atoms with Gasteiger partial charge >= 0.3 is 11.7 Å². The minimum absolute atomic E-state index is 0.440. The van der Waals surface area contributed by atoms with Crippen LogP contribution in [0.15, 0.2) is 15.8 Å². The van der Waals surface area contributed by atoms with Crippen LogP contribution in [0.25, 0.3) is 0 Å². The van der Waals surface area contributed by atoms with E-state index in [1.165, 1.54) is 6.07 Å². The number of aromatic amines is 1. The van der Waals surface area contributed by atoms with Crippen molar-refractivity contribution in [2.45, 2.75) is 12.5 Å². The molecule has 1 aromatic heterocycles. The number of hydrogen-bond donors (Lipinski definition) is 3. The lowest BCUT2D eigenvalue weighted by atomic mass is 10.2. The summed E-state index contributed by atoms with van der Waals surface area (Å²) in [7, 11) is 0. The Morgan fingerprint density at radius 3 is 2.61 bits per heavy atom. The predicted molar refractivity (Wildman–Crippen MR) is 56.5 cm³/mol. The van der Waals surface area contributed by atoms with Gasteiger partial charge in [-0.15, -0.1) is 0 Å². The number of aliphatic carboxylic acids is 1. The summed E-state index contributed by atoms with van der Waals surface area (Å²) in [6, 6.07) is -0.0730. The molecule has 1 heterocycles. The molecule has 1 atom stereocenters. The Morgan fingerprint density at radius 1 is 1.56 bits per heavy atom. The zero-order chi connectivity index (χ0) is 13.9. The maximum absolute atomic E-state index is 11.4. The molecule has 18 heavy (non-hydrogen) atoms. The third-order valence-corrected chi connectivity index (χ3v) is 2.10. The van der Waals surface area contributed by atoms with E-state index < -0.39 is 41.2 Å². The van der Waals surface area contributed by atoms with Gasteiger partial charge in [0.15, 0.2) is 0 Å². The zero-order valence-electron chi connectivity index (χ0n) is 8.91. The van der Waals surface area contributed by atoms with Crippen molar-refractivity contribution in [3.05, 3.63) is 32.6 Å². The third-order valence-electron chi connectivity index (χ3n) is 2.10. The first-order valence-electron chi connectivity index (χ1n) is 4.63. The molecule has 1 amide bonds. The van der Waals surface area contributed by atoms with E-state index in [9.17, 15) is 19.2 Å². The Bertz CT molecular complexity index is 650. The molecule has 9 nitrogen and oxygen atoms in total. The highest BCUT2D eigenvalue weighted by molar-refractivity contribution is 5.82. The van der Waals surface area contributed by atoms with Crippen molar-refractivity contribution < 1.29 is 14.7 Å². The van der Waals surface area contributed by atoms with E-state index in [-0.39, 0.29) is 0 Å². The lowest BCUT2D eigenvalue weighted by Crippen LogP contribution is -2.37. The normalized spacial score (nSPS) is 11.5. The molecule has 0 saturated heterocycles. The Kier molecular flexibility index (Phi) is 3.63. The molecule has 1 rings (SSSR count). The van der Waals surface area contributed by atoms with Crippen molar-refractivity contribution >= 4 is 11.9 Å². The van der Waals surface area contributed by atoms with Gasteiger partial charge in [-0.3, -0.25) is 19.1 Å². The second-order valence-corrected chi connectivity index (χ2v) is 3.35. The zero-order valence-corrected chi connectivity index (χ0v) is 8.91. The SMILES string of the molecule is N#Cc1cn([C@@H](CC(N)=O)C(=O)O)c(=O)[nH]c1=O. The van der Waals surface area contributed by atoms with Crippen molar-refractivity contribution in [1.82, 2.24) is 9.55 Å². The highest BCUT2D eigenvalue weighted by atomic mass is 16.4. The lowest BCUT2D eigenvalue weighted by molar-refractivity contribution is -0.142. The van der Waals surface area contributed by atoms with Crippen LogP contribution in [0.1, 0.15) is 18.0 Å². The van der Waals surface area contributed by atoms with E-state index in [0.29, 0.717) is 4.57 Å². The molecule has 0 bridgehead atoms. The van der Waals surface area contributed by atoms with Gasteiger partial charge in [0, 0.05) is 6.20 Å². The number of primary amides is 1. The summed E-state index contributed by atoms with van der Waals surface area (Å²) in [6.45, 7) is 0. The molecule has 0 unspecified atom stereocenters. The Morgan fingerprint density at radius 2 is 2.17 bits per heavy atom. The molecule has 0 saturated carbocycles. The summed E-state index contributed by atoms with van der Waals surface area (Å²) in [5.74, 6) is -2.41. The number of nitrogens with zero attached hydrogens (tertiary/aromatic N) is 2. The van der Waals surface area contributed by atoms with Gasteiger partial charge in [0.25, 0.3) is 5.56 Å². The van der Waals surface area contributed by atoms with Crippen molar-refractivity contribution in [2.24, 2.45) is 5.73 Å². The second kappa shape index (κ2) is 4.96. The molecule has 0 radical (unpaired) electrons. The minimum Gasteiger partial charge on any atom is -0.480 e. The quantitative estimate of drug-likeness (QED) is 0.556. The summed E-state index contributed by atoms with van der Waals surface area (Å²) in [5.41, 5.74) is 2.46. The molecular formula is C9H8N4O5. The van der Waals surface area contributed by atoms with Crippen LogP contribution in [0.2, 0.25) is 0 Å². The van der Waals surface area contributed by atoms with E-state index in [1.807, 2.05) is 0 Å². The van der Waals surface area contributed by atoms with Gasteiger partial charge in [-0.25, -0.2) is 9.59 Å². The van der Waals surface area contributed by atoms with Gasteiger partial charge in [-0.05, 0) is 0 Å². The molecule has 0 aromatic carbocycles. The third kappa shape index (κ3) is 2.62. The van der Waals surface area contributed by atoms with Crippen LogP contribution in [-0.2, 0) is 9.59 Å². The Labute approximate surface area is 99.1 Å². The molecule has 0 fully saturated rings. The van der Waals surface area contributed by atoms with Gasteiger partial charge < -0.3 is 10.8 Å². The van der Waals surface area contributed by atoms with Crippen LogP contribution in [0.4, 0.5) is 0 Å². The van der Waals surface area contributed by atoms with Crippen molar-refractivity contribution in [3.63, 3.8) is 0 Å². The topological polar surface area (TPSA) is 159 Å². The number of nitrogens with one attached hydrogen (secondary N) is 1. The molecule has 9 heteroatoms. The van der Waals surface area contributed by atoms with E-state index in [2.05, 4.69) is 0 Å². The van der Waals surface area contributed by atoms with Gasteiger partial charge in [0.1, 0.15) is 17.7 Å². The number of hydrogen-bond acceptors (Lipinski definition) is 5. The van der Waals surface area contributed by atoms with E-state index in [0.717, 1.165) is 6.20 Å². The summed E-state index contributed by atoms with van der Waals surface area (Å²) < 4.78 is 0.576. The number of H-pyrrole nitrogens is 1. The predicted octanol–water partition coefficient (Wildman–Crippen LogP) is -2.09. The number of carboxylic acid groups (broad SMARTS) is 1. The van der Waals surface area contributed by atoms with E-state index in [1.54, 1.807) is 4.98 Å². The first-order chi connectivity index (χ1) is 8.36. The average molecular weight is 252 g/mol. The monoisotopic (exact) mass is 252 g/mol. The standard InChI is InChI=1S/C9H8N4O5/c10-2-4-3-13(9(18)12-7(4)15)5(8(16)17)1-6(11)14/h3,5H,1H2,(H2,11,14)(H,16,17)(H,12,15,18)/t5-/m0/s1. The number of amides is 1. The van der Waals surface area contributed by atoms with Crippen molar-refractivity contribution in [2.75, 3.05) is 0 Å². The van der Waals surface area contributed by atoms with Gasteiger partial charge in [0.2, 0.25) is 5.91 Å². The number of rotatable bonds is 4. The summed E-state index contributed by atoms with van der Waals surface area (Å²) >= 11 is 0. The fraction of sp³-hybridized carbons (Fsp3) is 0.222. The van der Waals surface area contributed by atoms with Crippen LogP contribution < -0.4 is 17.0 Å². The fourth-order valence-corrected chi connectivity index (χ4v) is 1.29. The Balaban J connectivity index is 3.42. The second-order valence-electron chi connectivity index (χ2n) is 3.35. The summed E-state index contributed by atoms with van der Waals surface area (Å²) in [4.78, 5) is 46.0. The van der Waals surface area contributed by atoms with Crippen molar-refractivity contribution in [3.8, 4) is 6.07 Å². The number of carbonyl (C=O) groups excluding carboxylic acids is 1. The first-order valence-corrected chi connectivity index (χ1v) is 4.63. The fourth-order valence-electron chi connectivity index (χ4n) is 1.29. The van der Waals surface area contributed by atoms with Crippen LogP contribution >= 0.6 is 0 Å². The molecule has 94 valence electrons. The molecule has 0 aliphatic rings. The summed E-state index contributed by atoms with van der Waals surface area (Å²) in [6.07, 6.45) is 0.148. The maximum atomic E-state index is 11.4. The number of aromatic nitrogens is 2. The molecule has 0 aliphatic carbocycles. The van der Waals surface area contributed by atoms with Crippen molar-refractivity contribution in [1.29, 1.82) is 5.26 Å². The largest absolute Gasteiger partial charge is 0.480 e.